The van der Waals surface area contributed by atoms with Crippen LogP contribution in [0.15, 0.2) is 78.3 Å². The SMILES string of the molecule is N/C(=C\C=C(/N)NC(=O)Cc1cccc(OCCCO)c1)CCCCc1nnc(NC(=O)Cc2ccccc2)s1. The third-order valence-corrected chi connectivity index (χ3v) is 6.52. The maximum atomic E-state index is 12.3. The first kappa shape index (κ1) is 30.3. The molecule has 3 rings (SSSR count). The Morgan fingerprint density at radius 2 is 1.70 bits per heavy atom. The lowest BCUT2D eigenvalue weighted by atomic mass is 10.1. The Morgan fingerprint density at radius 1 is 0.925 bits per heavy atom. The summed E-state index contributed by atoms with van der Waals surface area (Å²) in [5.41, 5.74) is 14.4. The number of carbonyl (C=O) groups is 2. The van der Waals surface area contributed by atoms with Crippen LogP contribution in [0.25, 0.3) is 0 Å². The average molecular weight is 565 g/mol. The van der Waals surface area contributed by atoms with Crippen molar-refractivity contribution in [2.24, 2.45) is 11.5 Å². The second-order valence-corrected chi connectivity index (χ2v) is 10.1. The van der Waals surface area contributed by atoms with Crippen molar-refractivity contribution in [3.05, 3.63) is 94.4 Å². The third kappa shape index (κ3) is 11.7. The molecule has 10 nitrogen and oxygen atoms in total. The zero-order chi connectivity index (χ0) is 28.6. The Morgan fingerprint density at radius 3 is 2.50 bits per heavy atom. The van der Waals surface area contributed by atoms with Gasteiger partial charge in [0.1, 0.15) is 16.6 Å². The first-order chi connectivity index (χ1) is 19.4. The monoisotopic (exact) mass is 564 g/mol. The smallest absolute Gasteiger partial charge is 0.230 e. The minimum atomic E-state index is -0.249. The number of carbonyl (C=O) groups excluding carboxylic acids is 2. The Labute approximate surface area is 238 Å². The van der Waals surface area contributed by atoms with E-state index in [-0.39, 0.29) is 30.7 Å². The number of hydrogen-bond donors (Lipinski definition) is 5. The van der Waals surface area contributed by atoms with Crippen LogP contribution >= 0.6 is 11.3 Å². The molecule has 0 aliphatic rings. The van der Waals surface area contributed by atoms with Crippen molar-refractivity contribution in [2.45, 2.75) is 44.9 Å². The second kappa shape index (κ2) is 16.7. The molecule has 0 fully saturated rings. The Hall–Kier alpha value is -4.22. The summed E-state index contributed by atoms with van der Waals surface area (Å²) in [6, 6.07) is 16.8. The van der Waals surface area contributed by atoms with Gasteiger partial charge < -0.3 is 31.9 Å². The number of nitrogens with two attached hydrogens (primary N) is 2. The van der Waals surface area contributed by atoms with Crippen LogP contribution in [0.4, 0.5) is 5.13 Å². The molecule has 0 saturated heterocycles. The van der Waals surface area contributed by atoms with Crippen molar-refractivity contribution in [1.29, 1.82) is 0 Å². The highest BCUT2D eigenvalue weighted by Gasteiger charge is 2.09. The first-order valence-corrected chi connectivity index (χ1v) is 13.9. The highest BCUT2D eigenvalue weighted by Crippen LogP contribution is 2.18. The number of benzene rings is 2. The van der Waals surface area contributed by atoms with E-state index < -0.39 is 0 Å². The summed E-state index contributed by atoms with van der Waals surface area (Å²) >= 11 is 1.37. The van der Waals surface area contributed by atoms with Crippen molar-refractivity contribution >= 4 is 28.3 Å². The molecule has 2 amide bonds. The van der Waals surface area contributed by atoms with Crippen LogP contribution in [0.2, 0.25) is 0 Å². The molecule has 2 aromatic carbocycles. The van der Waals surface area contributed by atoms with Crippen LogP contribution in [-0.2, 0) is 28.9 Å². The molecule has 3 aromatic rings. The predicted octanol–water partition coefficient (Wildman–Crippen LogP) is 3.19. The van der Waals surface area contributed by atoms with E-state index >= 15 is 0 Å². The van der Waals surface area contributed by atoms with Gasteiger partial charge in [0.2, 0.25) is 16.9 Å². The van der Waals surface area contributed by atoms with Gasteiger partial charge in [-0.25, -0.2) is 0 Å². The van der Waals surface area contributed by atoms with Gasteiger partial charge in [-0.2, -0.15) is 0 Å². The number of anilines is 1. The van der Waals surface area contributed by atoms with Crippen LogP contribution in [0, 0.1) is 0 Å². The molecule has 0 spiro atoms. The number of nitrogens with one attached hydrogen (secondary N) is 2. The molecule has 0 unspecified atom stereocenters. The predicted molar refractivity (Wildman–Crippen MR) is 156 cm³/mol. The number of aliphatic hydroxyl groups is 1. The normalized spacial score (nSPS) is 11.7. The highest BCUT2D eigenvalue weighted by atomic mass is 32.1. The second-order valence-electron chi connectivity index (χ2n) is 9.08. The number of amides is 2. The molecule has 1 aromatic heterocycles. The zero-order valence-corrected chi connectivity index (χ0v) is 23.2. The van der Waals surface area contributed by atoms with E-state index in [0.29, 0.717) is 42.4 Å². The highest BCUT2D eigenvalue weighted by molar-refractivity contribution is 7.15. The summed E-state index contributed by atoms with van der Waals surface area (Å²) in [5.74, 6) is 0.486. The maximum absolute atomic E-state index is 12.3. The van der Waals surface area contributed by atoms with Crippen molar-refractivity contribution < 1.29 is 19.4 Å². The number of unbranched alkanes of at least 4 members (excludes halogenated alkanes) is 1. The van der Waals surface area contributed by atoms with Gasteiger partial charge in [-0.15, -0.1) is 10.2 Å². The number of rotatable bonds is 16. The van der Waals surface area contributed by atoms with E-state index in [4.69, 9.17) is 21.3 Å². The average Bonchev–Trinajstić information content (AvgIpc) is 3.37. The van der Waals surface area contributed by atoms with E-state index in [1.165, 1.54) is 11.3 Å². The molecule has 0 saturated carbocycles. The number of hydrogen-bond acceptors (Lipinski definition) is 9. The third-order valence-electron chi connectivity index (χ3n) is 5.62. The van der Waals surface area contributed by atoms with E-state index in [0.717, 1.165) is 35.4 Å². The van der Waals surface area contributed by atoms with Crippen LogP contribution < -0.4 is 26.8 Å². The minimum Gasteiger partial charge on any atom is -0.493 e. The molecule has 212 valence electrons. The summed E-state index contributed by atoms with van der Waals surface area (Å²) in [4.78, 5) is 24.5. The molecule has 0 radical (unpaired) electrons. The number of aliphatic hydroxyl groups excluding tert-OH is 1. The van der Waals surface area contributed by atoms with Crippen LogP contribution in [-0.4, -0.2) is 40.3 Å². The Kier molecular flexibility index (Phi) is 12.6. The van der Waals surface area contributed by atoms with Gasteiger partial charge in [0.15, 0.2) is 0 Å². The lowest BCUT2D eigenvalue weighted by Gasteiger charge is -2.08. The summed E-state index contributed by atoms with van der Waals surface area (Å²) < 4.78 is 5.54. The molecule has 0 atom stereocenters. The van der Waals surface area contributed by atoms with Gasteiger partial charge in [0.25, 0.3) is 0 Å². The van der Waals surface area contributed by atoms with Gasteiger partial charge in [-0.3, -0.25) is 9.59 Å². The topological polar surface area (TPSA) is 165 Å². The fourth-order valence-corrected chi connectivity index (χ4v) is 4.47. The molecule has 1 heterocycles. The molecule has 0 aliphatic carbocycles. The molecular formula is C29H36N6O4S. The van der Waals surface area contributed by atoms with E-state index in [1.54, 1.807) is 24.3 Å². The molecule has 7 N–H and O–H groups in total. The quantitative estimate of drug-likeness (QED) is 0.131. The number of nitrogens with zero attached hydrogens (tertiary/aromatic N) is 2. The lowest BCUT2D eigenvalue weighted by Crippen LogP contribution is -2.28. The van der Waals surface area contributed by atoms with Crippen molar-refractivity contribution in [3.8, 4) is 5.75 Å². The van der Waals surface area contributed by atoms with Crippen molar-refractivity contribution in [2.75, 3.05) is 18.5 Å². The van der Waals surface area contributed by atoms with Gasteiger partial charge >= 0.3 is 0 Å². The van der Waals surface area contributed by atoms with Gasteiger partial charge in [-0.05, 0) is 54.7 Å². The Balaban J connectivity index is 1.34. The summed E-state index contributed by atoms with van der Waals surface area (Å²) in [6.45, 7) is 0.476. The molecule has 0 bridgehead atoms. The molecule has 0 aliphatic heterocycles. The van der Waals surface area contributed by atoms with E-state index in [2.05, 4.69) is 20.8 Å². The number of aromatic nitrogens is 2. The Bertz CT molecular complexity index is 1290. The van der Waals surface area contributed by atoms with Crippen molar-refractivity contribution in [3.63, 3.8) is 0 Å². The van der Waals surface area contributed by atoms with E-state index in [9.17, 15) is 9.59 Å². The molecular weight excluding hydrogens is 528 g/mol. The largest absolute Gasteiger partial charge is 0.493 e. The standard InChI is InChI=1S/C29H36N6O4S/c30-23(14-15-25(31)32-26(37)20-22-10-6-12-24(18-22)39-17-7-16-36)11-4-5-13-28-34-35-29(40-28)33-27(38)19-21-8-2-1-3-9-21/h1-3,6,8-10,12,14-15,18,36H,4-5,7,11,13,16-17,19-20,30-31H2,(H,32,37)(H,33,35,38)/b23-14-,25-15+. The lowest BCUT2D eigenvalue weighted by molar-refractivity contribution is -0.119. The summed E-state index contributed by atoms with van der Waals surface area (Å²) in [6.07, 6.45) is 7.36. The van der Waals surface area contributed by atoms with Crippen LogP contribution in [0.5, 0.6) is 5.75 Å². The van der Waals surface area contributed by atoms with Gasteiger partial charge in [0.05, 0.1) is 19.4 Å². The fourth-order valence-electron chi connectivity index (χ4n) is 3.67. The fraction of sp³-hybridized carbons (Fsp3) is 0.310. The number of ether oxygens (including phenoxy) is 1. The zero-order valence-electron chi connectivity index (χ0n) is 22.3. The summed E-state index contributed by atoms with van der Waals surface area (Å²) in [7, 11) is 0. The number of aryl methyl sites for hydroxylation is 1. The van der Waals surface area contributed by atoms with Crippen LogP contribution in [0.1, 0.15) is 41.8 Å². The van der Waals surface area contributed by atoms with Crippen LogP contribution in [0.3, 0.4) is 0 Å². The first-order valence-electron chi connectivity index (χ1n) is 13.1. The van der Waals surface area contributed by atoms with Gasteiger partial charge in [0, 0.05) is 25.1 Å². The molecule has 11 heteroatoms. The number of allylic oxidation sites excluding steroid dienone is 3. The molecule has 40 heavy (non-hydrogen) atoms. The van der Waals surface area contributed by atoms with Crippen molar-refractivity contribution in [1.82, 2.24) is 15.5 Å². The maximum Gasteiger partial charge on any atom is 0.230 e. The van der Waals surface area contributed by atoms with Gasteiger partial charge in [-0.1, -0.05) is 53.8 Å². The minimum absolute atomic E-state index is 0.0654. The summed E-state index contributed by atoms with van der Waals surface area (Å²) in [5, 5.41) is 23.9. The van der Waals surface area contributed by atoms with E-state index in [1.807, 2.05) is 42.5 Å².